The van der Waals surface area contributed by atoms with Crippen LogP contribution in [-0.4, -0.2) is 48.1 Å². The van der Waals surface area contributed by atoms with Crippen molar-refractivity contribution in [2.24, 2.45) is 5.92 Å². The lowest BCUT2D eigenvalue weighted by atomic mass is 9.95. The summed E-state index contributed by atoms with van der Waals surface area (Å²) < 4.78 is 25.8. The minimum absolute atomic E-state index is 0.0684. The summed E-state index contributed by atoms with van der Waals surface area (Å²) in [5, 5.41) is 19.1. The quantitative estimate of drug-likeness (QED) is 0.859. The Morgan fingerprint density at radius 1 is 1.30 bits per heavy atom. The topological polar surface area (TPSA) is 94.9 Å². The number of carboxylic acids is 1. The first-order valence-corrected chi connectivity index (χ1v) is 7.81. The second kappa shape index (κ2) is 5.69. The van der Waals surface area contributed by atoms with Crippen molar-refractivity contribution in [1.82, 2.24) is 4.31 Å². The summed E-state index contributed by atoms with van der Waals surface area (Å²) in [7, 11) is -3.74. The van der Waals surface area contributed by atoms with Gasteiger partial charge in [0.25, 0.3) is 0 Å². The minimum atomic E-state index is -3.74. The Hall–Kier alpha value is -1.15. The van der Waals surface area contributed by atoms with Crippen LogP contribution in [0.25, 0.3) is 0 Å². The van der Waals surface area contributed by atoms with Crippen LogP contribution in [-0.2, 0) is 14.8 Å². The highest BCUT2D eigenvalue weighted by molar-refractivity contribution is 7.89. The molecule has 1 aromatic rings. The number of aliphatic hydroxyl groups is 1. The Labute approximate surface area is 121 Å². The first-order valence-electron chi connectivity index (χ1n) is 5.99. The van der Waals surface area contributed by atoms with E-state index in [-0.39, 0.29) is 24.4 Å². The number of hydrogen-bond donors (Lipinski definition) is 2. The van der Waals surface area contributed by atoms with Crippen molar-refractivity contribution in [3.63, 3.8) is 0 Å². The number of aliphatic carboxylic acids is 1. The van der Waals surface area contributed by atoms with Crippen LogP contribution >= 0.6 is 11.6 Å². The Kier molecular flexibility index (Phi) is 4.33. The summed E-state index contributed by atoms with van der Waals surface area (Å²) >= 11 is 5.71. The van der Waals surface area contributed by atoms with Crippen LogP contribution in [0.3, 0.4) is 0 Å². The van der Waals surface area contributed by atoms with Gasteiger partial charge in [0.15, 0.2) is 0 Å². The maximum Gasteiger partial charge on any atom is 0.309 e. The summed E-state index contributed by atoms with van der Waals surface area (Å²) in [6.07, 6.45) is -1.12. The van der Waals surface area contributed by atoms with E-state index in [4.69, 9.17) is 16.7 Å². The summed E-state index contributed by atoms with van der Waals surface area (Å²) in [5.41, 5.74) is 0. The zero-order valence-electron chi connectivity index (χ0n) is 10.4. The smallest absolute Gasteiger partial charge is 0.309 e. The molecule has 0 saturated carbocycles. The minimum Gasteiger partial charge on any atom is -0.481 e. The molecule has 0 bridgehead atoms. The van der Waals surface area contributed by atoms with Gasteiger partial charge >= 0.3 is 5.97 Å². The number of β-amino-alcohol motifs (C(OH)–C–C–N with tert-alkyl or cyclic N) is 1. The van der Waals surface area contributed by atoms with Gasteiger partial charge in [0, 0.05) is 18.1 Å². The maximum absolute atomic E-state index is 12.3. The molecular formula is C12H14ClNO5S. The molecule has 2 atom stereocenters. The average Bonchev–Trinajstić information content (AvgIpc) is 2.38. The largest absolute Gasteiger partial charge is 0.481 e. The van der Waals surface area contributed by atoms with E-state index in [0.717, 1.165) is 4.31 Å². The molecule has 0 spiro atoms. The lowest BCUT2D eigenvalue weighted by molar-refractivity contribution is -0.147. The van der Waals surface area contributed by atoms with Crippen LogP contribution in [0.4, 0.5) is 0 Å². The van der Waals surface area contributed by atoms with Gasteiger partial charge in [-0.2, -0.15) is 4.31 Å². The number of rotatable bonds is 3. The normalized spacial score (nSPS) is 24.5. The standard InChI is InChI=1S/C12H14ClNO5S/c13-8-1-3-9(4-2-8)20(18,19)14-6-5-10(12(16)17)11(15)7-14/h1-4,10-11,15H,5-7H2,(H,16,17)/t10-,11+/m0/s1. The van der Waals surface area contributed by atoms with E-state index in [1.807, 2.05) is 0 Å². The number of benzene rings is 1. The molecule has 0 radical (unpaired) electrons. The van der Waals surface area contributed by atoms with Crippen molar-refractivity contribution < 1.29 is 23.4 Å². The Morgan fingerprint density at radius 2 is 1.90 bits per heavy atom. The third-order valence-electron chi connectivity index (χ3n) is 3.31. The van der Waals surface area contributed by atoms with Gasteiger partial charge in [0.2, 0.25) is 10.0 Å². The number of aliphatic hydroxyl groups excluding tert-OH is 1. The second-order valence-electron chi connectivity index (χ2n) is 4.62. The van der Waals surface area contributed by atoms with Crippen molar-refractivity contribution in [1.29, 1.82) is 0 Å². The molecule has 1 fully saturated rings. The van der Waals surface area contributed by atoms with E-state index >= 15 is 0 Å². The first-order chi connectivity index (χ1) is 9.32. The lowest BCUT2D eigenvalue weighted by Gasteiger charge is -2.33. The van der Waals surface area contributed by atoms with Crippen LogP contribution in [0.1, 0.15) is 6.42 Å². The summed E-state index contributed by atoms with van der Waals surface area (Å²) in [4.78, 5) is 11.0. The van der Waals surface area contributed by atoms with Crippen LogP contribution < -0.4 is 0 Å². The van der Waals surface area contributed by atoms with E-state index in [1.54, 1.807) is 0 Å². The van der Waals surface area contributed by atoms with E-state index in [1.165, 1.54) is 24.3 Å². The van der Waals surface area contributed by atoms with Crippen molar-refractivity contribution in [2.45, 2.75) is 17.4 Å². The molecule has 0 aliphatic carbocycles. The number of carboxylic acid groups (broad SMARTS) is 1. The third kappa shape index (κ3) is 2.95. The number of hydrogen-bond acceptors (Lipinski definition) is 4. The molecule has 8 heteroatoms. The fourth-order valence-electron chi connectivity index (χ4n) is 2.16. The predicted molar refractivity (Wildman–Crippen MR) is 72.0 cm³/mol. The average molecular weight is 320 g/mol. The molecule has 1 aliphatic rings. The van der Waals surface area contributed by atoms with Crippen molar-refractivity contribution in [3.05, 3.63) is 29.3 Å². The number of piperidine rings is 1. The molecule has 1 saturated heterocycles. The van der Waals surface area contributed by atoms with Crippen LogP contribution in [0, 0.1) is 5.92 Å². The third-order valence-corrected chi connectivity index (χ3v) is 5.44. The predicted octanol–water partition coefficient (Wildman–Crippen LogP) is 0.796. The van der Waals surface area contributed by atoms with Gasteiger partial charge in [0.05, 0.1) is 16.9 Å². The molecule has 2 rings (SSSR count). The molecule has 0 aromatic heterocycles. The number of nitrogens with zero attached hydrogens (tertiary/aromatic N) is 1. The molecule has 0 unspecified atom stereocenters. The van der Waals surface area contributed by atoms with Crippen LogP contribution in [0.5, 0.6) is 0 Å². The molecule has 0 amide bonds. The molecule has 110 valence electrons. The molecule has 1 heterocycles. The van der Waals surface area contributed by atoms with Gasteiger partial charge in [-0.15, -0.1) is 0 Å². The molecule has 6 nitrogen and oxygen atoms in total. The zero-order chi connectivity index (χ0) is 14.9. The SMILES string of the molecule is O=C(O)[C@H]1CCN(S(=O)(=O)c2ccc(Cl)cc2)C[C@H]1O. The van der Waals surface area contributed by atoms with Gasteiger partial charge in [-0.05, 0) is 30.7 Å². The van der Waals surface area contributed by atoms with Crippen LogP contribution in [0.2, 0.25) is 5.02 Å². The van der Waals surface area contributed by atoms with Gasteiger partial charge in [0.1, 0.15) is 0 Å². The van der Waals surface area contributed by atoms with Crippen molar-refractivity contribution in [2.75, 3.05) is 13.1 Å². The molecule has 20 heavy (non-hydrogen) atoms. The highest BCUT2D eigenvalue weighted by Crippen LogP contribution is 2.25. The van der Waals surface area contributed by atoms with Gasteiger partial charge < -0.3 is 10.2 Å². The number of sulfonamides is 1. The fraction of sp³-hybridized carbons (Fsp3) is 0.417. The van der Waals surface area contributed by atoms with E-state index in [2.05, 4.69) is 0 Å². The maximum atomic E-state index is 12.3. The summed E-state index contributed by atoms with van der Waals surface area (Å²) in [5.74, 6) is -2.03. The molecular weight excluding hydrogens is 306 g/mol. The molecule has 2 N–H and O–H groups in total. The number of halogens is 1. The van der Waals surface area contributed by atoms with E-state index < -0.39 is 28.0 Å². The monoisotopic (exact) mass is 319 g/mol. The molecule has 1 aliphatic heterocycles. The summed E-state index contributed by atoms with van der Waals surface area (Å²) in [6.45, 7) is -0.152. The Balaban J connectivity index is 2.20. The van der Waals surface area contributed by atoms with Crippen molar-refractivity contribution >= 4 is 27.6 Å². The highest BCUT2D eigenvalue weighted by Gasteiger charge is 2.37. The molecule has 1 aromatic carbocycles. The fourth-order valence-corrected chi connectivity index (χ4v) is 3.76. The zero-order valence-corrected chi connectivity index (χ0v) is 12.0. The first kappa shape index (κ1) is 15.2. The second-order valence-corrected chi connectivity index (χ2v) is 6.99. The number of carbonyl (C=O) groups is 1. The van der Waals surface area contributed by atoms with E-state index in [0.29, 0.717) is 5.02 Å². The van der Waals surface area contributed by atoms with Gasteiger partial charge in [-0.3, -0.25) is 4.79 Å². The van der Waals surface area contributed by atoms with Crippen molar-refractivity contribution in [3.8, 4) is 0 Å². The van der Waals surface area contributed by atoms with E-state index in [9.17, 15) is 18.3 Å². The Morgan fingerprint density at radius 3 is 2.40 bits per heavy atom. The lowest BCUT2D eigenvalue weighted by Crippen LogP contribution is -2.48. The summed E-state index contributed by atoms with van der Waals surface area (Å²) in [6, 6.07) is 5.70. The highest BCUT2D eigenvalue weighted by atomic mass is 35.5. The Bertz CT molecular complexity index is 601. The van der Waals surface area contributed by atoms with Gasteiger partial charge in [-0.1, -0.05) is 11.6 Å². The van der Waals surface area contributed by atoms with Gasteiger partial charge in [-0.25, -0.2) is 8.42 Å². The van der Waals surface area contributed by atoms with Crippen LogP contribution in [0.15, 0.2) is 29.2 Å².